The Morgan fingerprint density at radius 1 is 1.18 bits per heavy atom. The Morgan fingerprint density at radius 2 is 2.00 bits per heavy atom. The maximum Gasteiger partial charge on any atom is 0.274 e. The Labute approximate surface area is 205 Å². The summed E-state index contributed by atoms with van der Waals surface area (Å²) < 4.78 is 14.2. The molecule has 0 aliphatic heterocycles. The zero-order valence-corrected chi connectivity index (χ0v) is 20.1. The number of nitro groups is 1. The van der Waals surface area contributed by atoms with Crippen LogP contribution in [0.3, 0.4) is 0 Å². The number of halogens is 1. The van der Waals surface area contributed by atoms with Crippen LogP contribution in [0.5, 0.6) is 11.5 Å². The molecule has 0 saturated carbocycles. The van der Waals surface area contributed by atoms with Crippen molar-refractivity contribution in [3.63, 3.8) is 0 Å². The number of hydrogen-bond donors (Lipinski definition) is 0. The molecule has 0 aliphatic carbocycles. The van der Waals surface area contributed by atoms with Crippen molar-refractivity contribution in [3.8, 4) is 11.5 Å². The predicted molar refractivity (Wildman–Crippen MR) is 134 cm³/mol. The fraction of sp³-hybridized carbons (Fsp3) is 0.0833. The molecule has 0 bridgehead atoms. The van der Waals surface area contributed by atoms with Gasteiger partial charge in [0, 0.05) is 12.1 Å². The molecule has 34 heavy (non-hydrogen) atoms. The summed E-state index contributed by atoms with van der Waals surface area (Å²) in [5.41, 5.74) is 2.84. The van der Waals surface area contributed by atoms with E-state index in [9.17, 15) is 14.9 Å². The average molecular weight is 538 g/mol. The molecule has 0 radical (unpaired) electrons. The summed E-state index contributed by atoms with van der Waals surface area (Å²) in [7, 11) is 1.52. The molecular formula is C24H16BrN3O5S. The third kappa shape index (κ3) is 4.02. The fourth-order valence-corrected chi connectivity index (χ4v) is 5.20. The smallest absolute Gasteiger partial charge is 0.274 e. The van der Waals surface area contributed by atoms with Crippen LogP contribution in [0.15, 0.2) is 69.9 Å². The maximum atomic E-state index is 13.0. The highest BCUT2D eigenvalue weighted by molar-refractivity contribution is 9.10. The molecule has 0 saturated heterocycles. The second kappa shape index (κ2) is 8.88. The topological polar surface area (TPSA) is 96.0 Å². The minimum Gasteiger partial charge on any atom is -0.493 e. The van der Waals surface area contributed by atoms with Crippen LogP contribution in [-0.2, 0) is 6.61 Å². The molecule has 2 heterocycles. The standard InChI is InChI=1S/C24H16BrN3O5S/c1-32-20-11-15(10-17(25)22(20)33-13-14-5-4-6-16(9-14)28(30)31)12-21-23(29)27-19-8-3-2-7-18(19)26-24(27)34-21/h2-12H,13H2,1H3. The first kappa shape index (κ1) is 22.1. The lowest BCUT2D eigenvalue weighted by Gasteiger charge is -2.13. The van der Waals surface area contributed by atoms with Crippen LogP contribution in [0.4, 0.5) is 5.69 Å². The van der Waals surface area contributed by atoms with Crippen molar-refractivity contribution < 1.29 is 14.4 Å². The molecule has 0 aliphatic rings. The van der Waals surface area contributed by atoms with E-state index in [1.807, 2.05) is 30.3 Å². The Bertz CT molecular complexity index is 1680. The van der Waals surface area contributed by atoms with E-state index in [4.69, 9.17) is 9.47 Å². The molecule has 2 aromatic heterocycles. The van der Waals surface area contributed by atoms with Crippen molar-refractivity contribution in [2.45, 2.75) is 6.61 Å². The van der Waals surface area contributed by atoms with Crippen molar-refractivity contribution in [3.05, 3.63) is 101 Å². The van der Waals surface area contributed by atoms with E-state index in [1.54, 1.807) is 28.7 Å². The number of nitrogens with zero attached hydrogens (tertiary/aromatic N) is 3. The minimum absolute atomic E-state index is 0.000527. The fourth-order valence-electron chi connectivity index (χ4n) is 3.64. The quantitative estimate of drug-likeness (QED) is 0.230. The number of nitro benzene ring substituents is 1. The van der Waals surface area contributed by atoms with Crippen LogP contribution in [0, 0.1) is 10.1 Å². The molecule has 0 N–H and O–H groups in total. The van der Waals surface area contributed by atoms with Crippen LogP contribution in [-0.4, -0.2) is 21.4 Å². The van der Waals surface area contributed by atoms with Gasteiger partial charge in [0.05, 0.1) is 32.1 Å². The molecule has 10 heteroatoms. The van der Waals surface area contributed by atoms with Gasteiger partial charge in [-0.3, -0.25) is 14.9 Å². The first-order valence-electron chi connectivity index (χ1n) is 10.1. The van der Waals surface area contributed by atoms with Gasteiger partial charge in [-0.25, -0.2) is 9.38 Å². The van der Waals surface area contributed by atoms with Crippen molar-refractivity contribution in [1.82, 2.24) is 9.38 Å². The van der Waals surface area contributed by atoms with Gasteiger partial charge in [0.1, 0.15) is 6.61 Å². The SMILES string of the molecule is COc1cc(C=c2sc3nc4ccccc4n3c2=O)cc(Br)c1OCc1cccc([N+](=O)[O-])c1. The van der Waals surface area contributed by atoms with Gasteiger partial charge in [-0.15, -0.1) is 0 Å². The maximum absolute atomic E-state index is 13.0. The van der Waals surface area contributed by atoms with Gasteiger partial charge >= 0.3 is 0 Å². The van der Waals surface area contributed by atoms with E-state index < -0.39 is 4.92 Å². The van der Waals surface area contributed by atoms with Crippen LogP contribution in [0.25, 0.3) is 22.1 Å². The largest absolute Gasteiger partial charge is 0.493 e. The second-order valence-corrected chi connectivity index (χ2v) is 9.25. The summed E-state index contributed by atoms with van der Waals surface area (Å²) in [6.07, 6.45) is 1.79. The van der Waals surface area contributed by atoms with Crippen molar-refractivity contribution in [2.24, 2.45) is 0 Å². The molecule has 170 valence electrons. The summed E-state index contributed by atoms with van der Waals surface area (Å²) >= 11 is 4.84. The van der Waals surface area contributed by atoms with Crippen LogP contribution in [0.1, 0.15) is 11.1 Å². The van der Waals surface area contributed by atoms with Crippen LogP contribution < -0.4 is 19.6 Å². The lowest BCUT2D eigenvalue weighted by molar-refractivity contribution is -0.384. The van der Waals surface area contributed by atoms with E-state index >= 15 is 0 Å². The monoisotopic (exact) mass is 537 g/mol. The van der Waals surface area contributed by atoms with E-state index in [-0.39, 0.29) is 17.9 Å². The lowest BCUT2D eigenvalue weighted by atomic mass is 10.2. The van der Waals surface area contributed by atoms with E-state index in [2.05, 4.69) is 20.9 Å². The van der Waals surface area contributed by atoms with Gasteiger partial charge < -0.3 is 9.47 Å². The molecular weight excluding hydrogens is 522 g/mol. The molecule has 5 rings (SSSR count). The Hall–Kier alpha value is -3.76. The summed E-state index contributed by atoms with van der Waals surface area (Å²) in [6.45, 7) is 0.125. The Balaban J connectivity index is 1.49. The highest BCUT2D eigenvalue weighted by atomic mass is 79.9. The molecule has 0 unspecified atom stereocenters. The molecule has 0 spiro atoms. The molecule has 0 fully saturated rings. The van der Waals surface area contributed by atoms with Gasteiger partial charge in [-0.2, -0.15) is 0 Å². The van der Waals surface area contributed by atoms with Crippen molar-refractivity contribution >= 4 is 55.0 Å². The third-order valence-corrected chi connectivity index (χ3v) is 6.76. The predicted octanol–water partition coefficient (Wildman–Crippen LogP) is 4.72. The van der Waals surface area contributed by atoms with Crippen LogP contribution in [0.2, 0.25) is 0 Å². The third-order valence-electron chi connectivity index (χ3n) is 5.20. The van der Waals surface area contributed by atoms with Gasteiger partial charge in [0.15, 0.2) is 16.5 Å². The van der Waals surface area contributed by atoms with Gasteiger partial charge in [-0.05, 0) is 57.4 Å². The molecule has 0 amide bonds. The second-order valence-electron chi connectivity index (χ2n) is 7.38. The van der Waals surface area contributed by atoms with Gasteiger partial charge in [0.25, 0.3) is 11.2 Å². The van der Waals surface area contributed by atoms with E-state index in [0.717, 1.165) is 16.6 Å². The number of imidazole rings is 1. The number of benzene rings is 3. The summed E-state index contributed by atoms with van der Waals surface area (Å²) in [5, 5.41) is 11.0. The average Bonchev–Trinajstić information content (AvgIpc) is 3.34. The van der Waals surface area contributed by atoms with Gasteiger partial charge in [0.2, 0.25) is 0 Å². The number of thiazole rings is 1. The van der Waals surface area contributed by atoms with Gasteiger partial charge in [-0.1, -0.05) is 35.6 Å². The number of non-ortho nitro benzene ring substituents is 1. The number of ether oxygens (including phenoxy) is 2. The van der Waals surface area contributed by atoms with Crippen LogP contribution >= 0.6 is 27.3 Å². The number of aromatic nitrogens is 2. The first-order chi connectivity index (χ1) is 16.4. The highest BCUT2D eigenvalue weighted by Gasteiger charge is 2.14. The molecule has 8 nitrogen and oxygen atoms in total. The molecule has 0 atom stereocenters. The Kier molecular flexibility index (Phi) is 5.76. The van der Waals surface area contributed by atoms with Crippen molar-refractivity contribution in [1.29, 1.82) is 0 Å². The number of methoxy groups -OCH3 is 1. The van der Waals surface area contributed by atoms with Crippen molar-refractivity contribution in [2.75, 3.05) is 7.11 Å². The minimum atomic E-state index is -0.445. The number of hydrogen-bond acceptors (Lipinski definition) is 7. The molecule has 5 aromatic rings. The van der Waals surface area contributed by atoms with E-state index in [1.165, 1.54) is 30.6 Å². The summed E-state index contributed by atoms with van der Waals surface area (Å²) in [6, 6.07) is 17.4. The zero-order valence-electron chi connectivity index (χ0n) is 17.7. The van der Waals surface area contributed by atoms with E-state index in [0.29, 0.717) is 31.0 Å². The normalized spacial score (nSPS) is 11.9. The number of rotatable bonds is 6. The lowest BCUT2D eigenvalue weighted by Crippen LogP contribution is -2.22. The number of para-hydroxylation sites is 2. The molecule has 3 aromatic carbocycles. The summed E-state index contributed by atoms with van der Waals surface area (Å²) in [5.74, 6) is 0.922. The highest BCUT2D eigenvalue weighted by Crippen LogP contribution is 2.37. The first-order valence-corrected chi connectivity index (χ1v) is 11.7. The number of fused-ring (bicyclic) bond motifs is 3. The Morgan fingerprint density at radius 3 is 2.79 bits per heavy atom. The zero-order chi connectivity index (χ0) is 23.8. The summed E-state index contributed by atoms with van der Waals surface area (Å²) in [4.78, 5) is 28.8.